The van der Waals surface area contributed by atoms with Crippen LogP contribution < -0.4 is 5.32 Å². The third-order valence-corrected chi connectivity index (χ3v) is 3.91. The summed E-state index contributed by atoms with van der Waals surface area (Å²) >= 11 is 0. The van der Waals surface area contributed by atoms with Gasteiger partial charge in [-0.05, 0) is 32.8 Å². The Morgan fingerprint density at radius 1 is 1.30 bits per heavy atom. The molecule has 7 heteroatoms. The minimum absolute atomic E-state index is 0.00306. The molecule has 0 aromatic carbocycles. The highest BCUT2D eigenvalue weighted by Crippen LogP contribution is 2.33. The molecule has 0 fully saturated rings. The van der Waals surface area contributed by atoms with Crippen LogP contribution in [0.1, 0.15) is 40.5 Å². The molecule has 0 amide bonds. The molecule has 2 unspecified atom stereocenters. The number of hydrogen-bond acceptors (Lipinski definition) is 5. The number of rotatable bonds is 6. The van der Waals surface area contributed by atoms with Crippen molar-refractivity contribution in [3.63, 3.8) is 0 Å². The number of allylic oxidation sites excluding steroid dienone is 2. The van der Waals surface area contributed by atoms with Crippen molar-refractivity contribution in [1.29, 1.82) is 0 Å². The zero-order valence-corrected chi connectivity index (χ0v) is 12.3. The van der Waals surface area contributed by atoms with Gasteiger partial charge >= 0.3 is 0 Å². The predicted octanol–water partition coefficient (Wildman–Crippen LogP) is 2.29. The Morgan fingerprint density at radius 2 is 1.85 bits per heavy atom. The molecule has 112 valence electrons. The summed E-state index contributed by atoms with van der Waals surface area (Å²) in [6.45, 7) is 7.08. The van der Waals surface area contributed by atoms with E-state index < -0.39 is 21.4 Å². The fourth-order valence-electron chi connectivity index (χ4n) is 2.77. The summed E-state index contributed by atoms with van der Waals surface area (Å²) in [7, 11) is 0. The second-order valence-corrected chi connectivity index (χ2v) is 5.27. The van der Waals surface area contributed by atoms with Gasteiger partial charge in [0.1, 0.15) is 0 Å². The normalized spacial score (nSPS) is 26.1. The van der Waals surface area contributed by atoms with Gasteiger partial charge in [0.05, 0.1) is 4.92 Å². The van der Waals surface area contributed by atoms with E-state index in [0.717, 1.165) is 12.8 Å². The van der Waals surface area contributed by atoms with Gasteiger partial charge in [0.15, 0.2) is 5.54 Å². The Morgan fingerprint density at radius 3 is 2.25 bits per heavy atom. The van der Waals surface area contributed by atoms with Gasteiger partial charge in [0, 0.05) is 22.6 Å². The van der Waals surface area contributed by atoms with Gasteiger partial charge in [-0.1, -0.05) is 13.8 Å². The number of nitrogens with zero attached hydrogens (tertiary/aromatic N) is 2. The summed E-state index contributed by atoms with van der Waals surface area (Å²) in [5.74, 6) is 0. The average Bonchev–Trinajstić information content (AvgIpc) is 2.34. The summed E-state index contributed by atoms with van der Waals surface area (Å²) in [5, 5.41) is 25.8. The van der Waals surface area contributed by atoms with Crippen LogP contribution in [0.25, 0.3) is 0 Å². The third-order valence-electron chi connectivity index (χ3n) is 3.91. The lowest BCUT2D eigenvalue weighted by atomic mass is 9.80. The second kappa shape index (κ2) is 6.13. The zero-order valence-electron chi connectivity index (χ0n) is 12.3. The lowest BCUT2D eigenvalue weighted by Crippen LogP contribution is -2.61. The van der Waals surface area contributed by atoms with Crippen molar-refractivity contribution in [2.24, 2.45) is 0 Å². The van der Waals surface area contributed by atoms with Crippen molar-refractivity contribution in [3.8, 4) is 0 Å². The fourth-order valence-corrected chi connectivity index (χ4v) is 2.77. The molecule has 1 rings (SSSR count). The van der Waals surface area contributed by atoms with Crippen LogP contribution in [0, 0.1) is 20.2 Å². The summed E-state index contributed by atoms with van der Waals surface area (Å²) < 4.78 is 0. The maximum atomic E-state index is 11.4. The Hall–Kier alpha value is -1.76. The van der Waals surface area contributed by atoms with Crippen LogP contribution in [-0.4, -0.2) is 27.5 Å². The van der Waals surface area contributed by atoms with Crippen LogP contribution >= 0.6 is 0 Å². The first kappa shape index (κ1) is 16.3. The first-order valence-corrected chi connectivity index (χ1v) is 6.72. The molecule has 1 aliphatic rings. The molecule has 20 heavy (non-hydrogen) atoms. The van der Waals surface area contributed by atoms with Crippen LogP contribution in [0.2, 0.25) is 0 Å². The van der Waals surface area contributed by atoms with E-state index in [0.29, 0.717) is 5.57 Å². The van der Waals surface area contributed by atoms with Crippen molar-refractivity contribution in [2.75, 3.05) is 0 Å². The lowest BCUT2D eigenvalue weighted by Gasteiger charge is -2.35. The Kier molecular flexibility index (Phi) is 4.99. The first-order chi connectivity index (χ1) is 9.27. The van der Waals surface area contributed by atoms with Crippen LogP contribution in [0.5, 0.6) is 0 Å². The molecular formula is C13H21N3O4. The highest BCUT2D eigenvalue weighted by molar-refractivity contribution is 5.34. The number of nitrogens with one attached hydrogen (secondary N) is 1. The summed E-state index contributed by atoms with van der Waals surface area (Å²) in [6, 6.07) is -1.13. The van der Waals surface area contributed by atoms with Gasteiger partial charge in [0.2, 0.25) is 0 Å². The van der Waals surface area contributed by atoms with E-state index in [9.17, 15) is 20.2 Å². The molecule has 1 N–H and O–H groups in total. The minimum Gasteiger partial charge on any atom is -0.294 e. The Labute approximate surface area is 118 Å². The van der Waals surface area contributed by atoms with Crippen molar-refractivity contribution in [3.05, 3.63) is 43.7 Å². The van der Waals surface area contributed by atoms with E-state index in [-0.39, 0.29) is 11.7 Å². The molecule has 0 spiro atoms. The minimum atomic E-state index is -1.30. The molecule has 1 aliphatic carbocycles. The van der Waals surface area contributed by atoms with Gasteiger partial charge in [-0.25, -0.2) is 0 Å². The molecule has 0 aromatic rings. The molecule has 0 saturated carbocycles. The number of nitro groups is 2. The smallest absolute Gasteiger partial charge is 0.273 e. The highest BCUT2D eigenvalue weighted by atomic mass is 16.6. The molecule has 0 saturated heterocycles. The molecule has 0 heterocycles. The molecule has 7 nitrogen and oxygen atoms in total. The summed E-state index contributed by atoms with van der Waals surface area (Å²) in [6.07, 6.45) is 4.33. The molecule has 0 aliphatic heterocycles. The van der Waals surface area contributed by atoms with Crippen LogP contribution in [0.3, 0.4) is 0 Å². The second-order valence-electron chi connectivity index (χ2n) is 5.27. The highest BCUT2D eigenvalue weighted by Gasteiger charge is 2.55. The van der Waals surface area contributed by atoms with E-state index >= 15 is 0 Å². The van der Waals surface area contributed by atoms with E-state index in [4.69, 9.17) is 0 Å². The fraction of sp³-hybridized carbons (Fsp3) is 0.692. The van der Waals surface area contributed by atoms with Crippen molar-refractivity contribution >= 4 is 0 Å². The molecule has 0 radical (unpaired) electrons. The SMILES string of the molecule is CCC(CC)NC1(C)C([N+](=O)[O-])=CC=C(C)C1[N+](=O)[O-]. The van der Waals surface area contributed by atoms with Crippen LogP contribution in [-0.2, 0) is 0 Å². The Bertz CT molecular complexity index is 468. The predicted molar refractivity (Wildman–Crippen MR) is 75.5 cm³/mol. The van der Waals surface area contributed by atoms with Gasteiger partial charge in [-0.15, -0.1) is 0 Å². The van der Waals surface area contributed by atoms with Gasteiger partial charge in [0.25, 0.3) is 11.7 Å². The molecule has 0 bridgehead atoms. The topological polar surface area (TPSA) is 98.3 Å². The zero-order chi connectivity index (χ0) is 15.5. The van der Waals surface area contributed by atoms with Crippen molar-refractivity contribution in [1.82, 2.24) is 5.32 Å². The Balaban J connectivity index is 3.31. The number of hydrogen-bond donors (Lipinski definition) is 1. The standard InChI is InChI=1S/C13H21N3O4/c1-5-10(6-2)14-13(4)11(15(17)18)8-7-9(3)12(13)16(19)20/h7-8,10,12,14H,5-6H2,1-4H3. The molecule has 2 atom stereocenters. The van der Waals surface area contributed by atoms with Crippen molar-refractivity contribution < 1.29 is 9.85 Å². The lowest BCUT2D eigenvalue weighted by molar-refractivity contribution is -0.534. The summed E-state index contributed by atoms with van der Waals surface area (Å²) in [5.41, 5.74) is -0.944. The third kappa shape index (κ3) is 2.87. The van der Waals surface area contributed by atoms with E-state index in [2.05, 4.69) is 5.32 Å². The van der Waals surface area contributed by atoms with E-state index in [1.807, 2.05) is 13.8 Å². The largest absolute Gasteiger partial charge is 0.294 e. The van der Waals surface area contributed by atoms with E-state index in [1.165, 1.54) is 12.2 Å². The van der Waals surface area contributed by atoms with Crippen LogP contribution in [0.15, 0.2) is 23.4 Å². The maximum absolute atomic E-state index is 11.4. The van der Waals surface area contributed by atoms with Gasteiger partial charge in [-0.2, -0.15) is 0 Å². The average molecular weight is 283 g/mol. The monoisotopic (exact) mass is 283 g/mol. The van der Waals surface area contributed by atoms with Crippen molar-refractivity contribution in [2.45, 2.75) is 58.2 Å². The van der Waals surface area contributed by atoms with Gasteiger partial charge < -0.3 is 0 Å². The summed E-state index contributed by atoms with van der Waals surface area (Å²) in [4.78, 5) is 21.7. The maximum Gasteiger partial charge on any atom is 0.273 e. The van der Waals surface area contributed by atoms with E-state index in [1.54, 1.807) is 13.8 Å². The quantitative estimate of drug-likeness (QED) is 0.595. The molecular weight excluding hydrogens is 262 g/mol. The van der Waals surface area contributed by atoms with Crippen LogP contribution in [0.4, 0.5) is 0 Å². The van der Waals surface area contributed by atoms with Gasteiger partial charge in [-0.3, -0.25) is 25.5 Å². The molecule has 0 aromatic heterocycles. The first-order valence-electron chi connectivity index (χ1n) is 6.72.